The molecular weight excluding hydrogens is 501 g/mol. The van der Waals surface area contributed by atoms with E-state index in [9.17, 15) is 18.0 Å². The smallest absolute Gasteiger partial charge is 0.364 e. The molecule has 0 bridgehead atoms. The number of benzene rings is 1. The van der Waals surface area contributed by atoms with E-state index in [1.165, 1.54) is 11.9 Å². The van der Waals surface area contributed by atoms with Crippen LogP contribution in [0, 0.1) is 5.41 Å². The van der Waals surface area contributed by atoms with Crippen LogP contribution in [-0.2, 0) is 13.0 Å². The van der Waals surface area contributed by atoms with Crippen LogP contribution in [0.1, 0.15) is 40.2 Å². The number of anilines is 1. The molecule has 0 atom stereocenters. The zero-order chi connectivity index (χ0) is 25.8. The van der Waals surface area contributed by atoms with E-state index in [1.807, 2.05) is 6.07 Å². The summed E-state index contributed by atoms with van der Waals surface area (Å²) in [5.41, 5.74) is 8.16. The van der Waals surface area contributed by atoms with E-state index >= 15 is 0 Å². The summed E-state index contributed by atoms with van der Waals surface area (Å²) in [6.07, 6.45) is -0.538. The molecule has 37 heavy (non-hydrogen) atoms. The van der Waals surface area contributed by atoms with Gasteiger partial charge in [-0.25, -0.2) is 9.97 Å². The van der Waals surface area contributed by atoms with Gasteiger partial charge < -0.3 is 15.6 Å². The molecule has 5 heterocycles. The third kappa shape index (κ3) is 4.89. The lowest BCUT2D eigenvalue weighted by molar-refractivity contribution is -0.126. The van der Waals surface area contributed by atoms with Crippen LogP contribution >= 0.6 is 11.3 Å². The van der Waals surface area contributed by atoms with Gasteiger partial charge >= 0.3 is 6.18 Å². The van der Waals surface area contributed by atoms with Crippen LogP contribution in [0.4, 0.5) is 19.0 Å². The van der Waals surface area contributed by atoms with E-state index in [-0.39, 0.29) is 10.3 Å². The van der Waals surface area contributed by atoms with E-state index in [0.717, 1.165) is 85.4 Å². The van der Waals surface area contributed by atoms with Gasteiger partial charge in [-0.15, -0.1) is 11.3 Å². The molecule has 1 aromatic carbocycles. The van der Waals surface area contributed by atoms with Crippen LogP contribution < -0.4 is 10.6 Å². The average molecular weight is 529 g/mol. The Labute approximate surface area is 215 Å². The van der Waals surface area contributed by atoms with Crippen LogP contribution in [0.2, 0.25) is 0 Å². The number of likely N-dealkylation sites (tertiary alicyclic amines) is 1. The number of amides is 1. The molecule has 1 amide bonds. The lowest BCUT2D eigenvalue weighted by atomic mass is 9.78. The van der Waals surface area contributed by atoms with E-state index in [4.69, 9.17) is 5.73 Å². The minimum absolute atomic E-state index is 0.246. The van der Waals surface area contributed by atoms with Gasteiger partial charge in [0.1, 0.15) is 22.7 Å². The number of fused-ring (bicyclic) bond motifs is 2. The van der Waals surface area contributed by atoms with Crippen molar-refractivity contribution in [1.29, 1.82) is 0 Å². The fourth-order valence-corrected chi connectivity index (χ4v) is 6.89. The third-order valence-corrected chi connectivity index (χ3v) is 8.77. The molecule has 3 N–H and O–H groups in total. The number of rotatable bonds is 5. The van der Waals surface area contributed by atoms with Gasteiger partial charge in [0.25, 0.3) is 5.91 Å². The van der Waals surface area contributed by atoms with Gasteiger partial charge in [0.05, 0.1) is 11.8 Å². The Morgan fingerprint density at radius 1 is 1.11 bits per heavy atom. The Morgan fingerprint density at radius 2 is 1.89 bits per heavy atom. The van der Waals surface area contributed by atoms with E-state index in [2.05, 4.69) is 36.9 Å². The molecule has 0 aliphatic carbocycles. The zero-order valence-corrected chi connectivity index (χ0v) is 21.0. The highest BCUT2D eigenvalue weighted by Crippen LogP contribution is 2.43. The first kappa shape index (κ1) is 24.2. The predicted octanol–water partition coefficient (Wildman–Crippen LogP) is 4.87. The summed E-state index contributed by atoms with van der Waals surface area (Å²) in [6.45, 7) is 4.56. The normalized spacial score (nSPS) is 18.4. The van der Waals surface area contributed by atoms with Gasteiger partial charge in [-0.3, -0.25) is 9.69 Å². The number of carbonyl (C=O) groups is 1. The number of aromatic nitrogens is 3. The second-order valence-electron chi connectivity index (χ2n) is 10.3. The van der Waals surface area contributed by atoms with Crippen molar-refractivity contribution in [1.82, 2.24) is 19.9 Å². The topological polar surface area (TPSA) is 91.1 Å². The summed E-state index contributed by atoms with van der Waals surface area (Å²) in [4.78, 5) is 28.8. The van der Waals surface area contributed by atoms with Gasteiger partial charge in [0.2, 0.25) is 0 Å². The Kier molecular flexibility index (Phi) is 5.87. The Balaban J connectivity index is 1.11. The van der Waals surface area contributed by atoms with Gasteiger partial charge in [-0.05, 0) is 61.1 Å². The summed E-state index contributed by atoms with van der Waals surface area (Å²) in [6, 6.07) is 9.60. The number of nitrogens with zero attached hydrogens (tertiary/aromatic N) is 4. The second kappa shape index (κ2) is 8.98. The first-order valence-electron chi connectivity index (χ1n) is 12.4. The predicted molar refractivity (Wildman–Crippen MR) is 138 cm³/mol. The molecular formula is C26H27F3N6OS. The average Bonchev–Trinajstić information content (AvgIpc) is 3.55. The van der Waals surface area contributed by atoms with Crippen LogP contribution in [0.5, 0.6) is 0 Å². The minimum atomic E-state index is -4.24. The van der Waals surface area contributed by atoms with Gasteiger partial charge in [-0.2, -0.15) is 13.2 Å². The van der Waals surface area contributed by atoms with Crippen molar-refractivity contribution in [3.8, 4) is 0 Å². The molecule has 4 aromatic rings. The summed E-state index contributed by atoms with van der Waals surface area (Å²) in [5.74, 6) is 0.281. The first-order valence-corrected chi connectivity index (χ1v) is 13.2. The van der Waals surface area contributed by atoms with Gasteiger partial charge in [0.15, 0.2) is 0 Å². The minimum Gasteiger partial charge on any atom is -0.364 e. The largest absolute Gasteiger partial charge is 0.393 e. The van der Waals surface area contributed by atoms with Crippen molar-refractivity contribution in [3.63, 3.8) is 0 Å². The number of aromatic amines is 1. The standard InChI is InChI=1S/C26H27F3N6OS/c27-26(28,29)12-18-11-19-23(31-15-32-24(19)37-18)35-7-4-25(5-8-35)3-6-34(14-25)13-16-1-2-20-17(9-16)10-21(33-20)22(30)36/h1-2,9-11,15,33H,3-8,12-14H2,(H2,30,36). The number of hydrogen-bond donors (Lipinski definition) is 2. The van der Waals surface area contributed by atoms with Crippen LogP contribution in [0.15, 0.2) is 36.7 Å². The van der Waals surface area contributed by atoms with Crippen LogP contribution in [0.3, 0.4) is 0 Å². The molecule has 0 saturated carbocycles. The number of nitrogens with one attached hydrogen (secondary N) is 1. The summed E-state index contributed by atoms with van der Waals surface area (Å²) >= 11 is 1.10. The quantitative estimate of drug-likeness (QED) is 0.386. The van der Waals surface area contributed by atoms with Gasteiger partial charge in [-0.1, -0.05) is 6.07 Å². The van der Waals surface area contributed by atoms with Gasteiger partial charge in [0, 0.05) is 42.0 Å². The Bertz CT molecular complexity index is 1470. The molecule has 2 saturated heterocycles. The maximum absolute atomic E-state index is 12.9. The SMILES string of the molecule is NC(=O)c1cc2cc(CN3CCC4(CCN(c5ncnc6sc(CC(F)(F)F)cc56)CC4)C3)ccc2[nH]1. The molecule has 2 fully saturated rings. The molecule has 6 rings (SSSR count). The lowest BCUT2D eigenvalue weighted by Crippen LogP contribution is -2.42. The molecule has 194 valence electrons. The molecule has 1 spiro atoms. The van der Waals surface area contributed by atoms with E-state index < -0.39 is 18.5 Å². The first-order chi connectivity index (χ1) is 17.7. The number of thiophene rings is 1. The number of hydrogen-bond acceptors (Lipinski definition) is 6. The molecule has 7 nitrogen and oxygen atoms in total. The highest BCUT2D eigenvalue weighted by Gasteiger charge is 2.41. The number of primary amides is 1. The number of piperidine rings is 1. The highest BCUT2D eigenvalue weighted by molar-refractivity contribution is 7.18. The van der Waals surface area contributed by atoms with Crippen molar-refractivity contribution in [2.45, 2.75) is 38.4 Å². The van der Waals surface area contributed by atoms with Crippen LogP contribution in [0.25, 0.3) is 21.1 Å². The van der Waals surface area contributed by atoms with Crippen LogP contribution in [-0.4, -0.2) is 58.1 Å². The zero-order valence-electron chi connectivity index (χ0n) is 20.1. The molecule has 2 aliphatic rings. The van der Waals surface area contributed by atoms with E-state index in [1.54, 1.807) is 12.1 Å². The number of H-pyrrole nitrogens is 1. The second-order valence-corrected chi connectivity index (χ2v) is 11.5. The lowest BCUT2D eigenvalue weighted by Gasteiger charge is -2.40. The maximum Gasteiger partial charge on any atom is 0.393 e. The highest BCUT2D eigenvalue weighted by atomic mass is 32.1. The fraction of sp³-hybridized carbons (Fsp3) is 0.423. The third-order valence-electron chi connectivity index (χ3n) is 7.73. The van der Waals surface area contributed by atoms with Crippen molar-refractivity contribution in [2.75, 3.05) is 31.1 Å². The van der Waals surface area contributed by atoms with Crippen molar-refractivity contribution in [3.05, 3.63) is 52.8 Å². The Hall–Kier alpha value is -3.18. The van der Waals surface area contributed by atoms with Crippen molar-refractivity contribution >= 4 is 44.2 Å². The monoisotopic (exact) mass is 528 g/mol. The molecule has 11 heteroatoms. The summed E-state index contributed by atoms with van der Waals surface area (Å²) in [7, 11) is 0. The van der Waals surface area contributed by atoms with Crippen molar-refractivity contribution < 1.29 is 18.0 Å². The van der Waals surface area contributed by atoms with Crippen molar-refractivity contribution in [2.24, 2.45) is 11.1 Å². The fourth-order valence-electron chi connectivity index (χ4n) is 5.86. The summed E-state index contributed by atoms with van der Waals surface area (Å²) < 4.78 is 38.7. The summed E-state index contributed by atoms with van der Waals surface area (Å²) in [5, 5.41) is 1.70. The van der Waals surface area contributed by atoms with E-state index in [0.29, 0.717) is 10.5 Å². The molecule has 2 aliphatic heterocycles. The number of nitrogens with two attached hydrogens (primary N) is 1. The molecule has 0 radical (unpaired) electrons. The maximum atomic E-state index is 12.9. The molecule has 0 unspecified atom stereocenters. The Morgan fingerprint density at radius 3 is 2.65 bits per heavy atom. The number of carbonyl (C=O) groups excluding carboxylic acids is 1. The number of alkyl halides is 3. The molecule has 3 aromatic heterocycles. The number of halogens is 3.